The number of nitrogens with one attached hydrogen (secondary N) is 1. The van der Waals surface area contributed by atoms with Crippen LogP contribution < -0.4 is 5.32 Å². The second-order valence-corrected chi connectivity index (χ2v) is 6.06. The Balaban J connectivity index is 2.26. The Morgan fingerprint density at radius 3 is 2.44 bits per heavy atom. The summed E-state index contributed by atoms with van der Waals surface area (Å²) in [5, 5.41) is 2.99. The van der Waals surface area contributed by atoms with Gasteiger partial charge < -0.3 is 5.32 Å². The van der Waals surface area contributed by atoms with Crippen LogP contribution in [-0.2, 0) is 0 Å². The van der Waals surface area contributed by atoms with Gasteiger partial charge in [0.05, 0.1) is 5.56 Å². The molecule has 2 nitrogen and oxygen atoms in total. The molecule has 0 atom stereocenters. The lowest BCUT2D eigenvalue weighted by Gasteiger charge is -2.09. The molecule has 0 bridgehead atoms. The number of aryl methyl sites for hydroxylation is 4. The molecule has 0 saturated carbocycles. The molecule has 2 rings (SSSR count). The summed E-state index contributed by atoms with van der Waals surface area (Å²) in [6.07, 6.45) is 0. The summed E-state index contributed by atoms with van der Waals surface area (Å²) in [6.45, 7) is 8.03. The van der Waals surface area contributed by atoms with E-state index in [-0.39, 0.29) is 5.91 Å². The van der Waals surface area contributed by atoms with Crippen LogP contribution in [0.3, 0.4) is 0 Å². The molecule has 1 heterocycles. The Kier molecular flexibility index (Phi) is 3.53. The highest BCUT2D eigenvalue weighted by molar-refractivity contribution is 7.12. The number of carbonyl (C=O) groups is 1. The van der Waals surface area contributed by atoms with E-state index in [9.17, 15) is 4.79 Å². The lowest BCUT2D eigenvalue weighted by Crippen LogP contribution is -2.13. The number of carbonyl (C=O) groups excluding carboxylic acids is 1. The molecule has 1 amide bonds. The fraction of sp³-hybridized carbons (Fsp3) is 0.267. The second kappa shape index (κ2) is 4.94. The zero-order valence-electron chi connectivity index (χ0n) is 11.1. The molecule has 0 spiro atoms. The van der Waals surface area contributed by atoms with Crippen molar-refractivity contribution >= 4 is 22.9 Å². The van der Waals surface area contributed by atoms with Gasteiger partial charge in [-0.25, -0.2) is 0 Å². The average molecular weight is 259 g/mol. The van der Waals surface area contributed by atoms with Crippen LogP contribution in [0, 0.1) is 27.7 Å². The highest BCUT2D eigenvalue weighted by atomic mass is 32.1. The van der Waals surface area contributed by atoms with E-state index in [0.717, 1.165) is 27.3 Å². The van der Waals surface area contributed by atoms with Gasteiger partial charge in [-0.3, -0.25) is 4.79 Å². The molecule has 3 heteroatoms. The van der Waals surface area contributed by atoms with Crippen LogP contribution in [0.25, 0.3) is 0 Å². The molecule has 0 fully saturated rings. The van der Waals surface area contributed by atoms with Gasteiger partial charge in [0.15, 0.2) is 0 Å². The predicted molar refractivity (Wildman–Crippen MR) is 77.7 cm³/mol. The molecular formula is C15H17NOS. The maximum atomic E-state index is 12.2. The van der Waals surface area contributed by atoms with Crippen LogP contribution in [0.4, 0.5) is 5.69 Å². The van der Waals surface area contributed by atoms with Crippen LogP contribution in [0.1, 0.15) is 31.2 Å². The minimum absolute atomic E-state index is 0.0226. The number of benzene rings is 1. The van der Waals surface area contributed by atoms with Crippen molar-refractivity contribution in [3.8, 4) is 0 Å². The van der Waals surface area contributed by atoms with E-state index >= 15 is 0 Å². The van der Waals surface area contributed by atoms with Crippen LogP contribution >= 0.6 is 11.3 Å². The van der Waals surface area contributed by atoms with Crippen molar-refractivity contribution in [2.45, 2.75) is 27.7 Å². The summed E-state index contributed by atoms with van der Waals surface area (Å²) in [5.74, 6) is -0.0226. The fourth-order valence-electron chi connectivity index (χ4n) is 1.92. The molecule has 1 aromatic carbocycles. The minimum Gasteiger partial charge on any atom is -0.322 e. The quantitative estimate of drug-likeness (QED) is 0.859. The van der Waals surface area contributed by atoms with Gasteiger partial charge in [-0.2, -0.15) is 0 Å². The molecule has 2 aromatic rings. The van der Waals surface area contributed by atoms with Crippen molar-refractivity contribution in [2.75, 3.05) is 5.32 Å². The van der Waals surface area contributed by atoms with E-state index in [1.807, 2.05) is 52.0 Å². The van der Waals surface area contributed by atoms with Gasteiger partial charge in [-0.15, -0.1) is 11.3 Å². The highest BCUT2D eigenvalue weighted by Crippen LogP contribution is 2.23. The van der Waals surface area contributed by atoms with Gasteiger partial charge in [0.1, 0.15) is 0 Å². The number of hydrogen-bond acceptors (Lipinski definition) is 2. The maximum Gasteiger partial charge on any atom is 0.256 e. The van der Waals surface area contributed by atoms with E-state index in [1.165, 1.54) is 4.88 Å². The number of anilines is 1. The van der Waals surface area contributed by atoms with Crippen molar-refractivity contribution < 1.29 is 4.79 Å². The Morgan fingerprint density at radius 2 is 1.83 bits per heavy atom. The maximum absolute atomic E-state index is 12.2. The molecule has 1 aromatic heterocycles. The summed E-state index contributed by atoms with van der Waals surface area (Å²) in [7, 11) is 0. The van der Waals surface area contributed by atoms with Gasteiger partial charge in [-0.05, 0) is 51.0 Å². The molecule has 0 saturated heterocycles. The summed E-state index contributed by atoms with van der Waals surface area (Å²) in [4.78, 5) is 14.4. The minimum atomic E-state index is -0.0226. The normalized spacial score (nSPS) is 10.4. The first kappa shape index (κ1) is 12.8. The highest BCUT2D eigenvalue weighted by Gasteiger charge is 2.12. The van der Waals surface area contributed by atoms with Gasteiger partial charge in [-0.1, -0.05) is 12.1 Å². The molecule has 0 unspecified atom stereocenters. The standard InChI is InChI=1S/C15H17NOS/c1-9-5-6-10(2)14(7-9)16-15(17)13-8-11(3)18-12(13)4/h5-8H,1-4H3,(H,16,17). The Hall–Kier alpha value is -1.61. The molecule has 18 heavy (non-hydrogen) atoms. The smallest absolute Gasteiger partial charge is 0.256 e. The van der Waals surface area contributed by atoms with Crippen LogP contribution in [-0.4, -0.2) is 5.91 Å². The summed E-state index contributed by atoms with van der Waals surface area (Å²) >= 11 is 1.65. The van der Waals surface area contributed by atoms with Crippen molar-refractivity contribution in [3.63, 3.8) is 0 Å². The van der Waals surface area contributed by atoms with Gasteiger partial charge >= 0.3 is 0 Å². The molecule has 0 aliphatic carbocycles. The first-order valence-corrected chi connectivity index (χ1v) is 6.74. The Bertz CT molecular complexity index is 599. The van der Waals surface area contributed by atoms with Crippen LogP contribution in [0.5, 0.6) is 0 Å². The van der Waals surface area contributed by atoms with Crippen LogP contribution in [0.2, 0.25) is 0 Å². The van der Waals surface area contributed by atoms with Gasteiger partial charge in [0.2, 0.25) is 0 Å². The molecular weight excluding hydrogens is 242 g/mol. The van der Waals surface area contributed by atoms with E-state index in [1.54, 1.807) is 11.3 Å². The molecule has 94 valence electrons. The van der Waals surface area contributed by atoms with Crippen molar-refractivity contribution in [2.24, 2.45) is 0 Å². The van der Waals surface area contributed by atoms with Crippen molar-refractivity contribution in [1.29, 1.82) is 0 Å². The number of amides is 1. The van der Waals surface area contributed by atoms with Gasteiger partial charge in [0.25, 0.3) is 5.91 Å². The third kappa shape index (κ3) is 2.62. The Labute approximate surface area is 112 Å². The Morgan fingerprint density at radius 1 is 1.11 bits per heavy atom. The number of thiophene rings is 1. The third-order valence-electron chi connectivity index (χ3n) is 2.93. The zero-order chi connectivity index (χ0) is 13.3. The third-order valence-corrected chi connectivity index (χ3v) is 3.89. The van der Waals surface area contributed by atoms with E-state index in [4.69, 9.17) is 0 Å². The predicted octanol–water partition coefficient (Wildman–Crippen LogP) is 4.23. The lowest BCUT2D eigenvalue weighted by atomic mass is 10.1. The summed E-state index contributed by atoms with van der Waals surface area (Å²) in [5.41, 5.74) is 3.90. The monoisotopic (exact) mass is 259 g/mol. The second-order valence-electron chi connectivity index (χ2n) is 4.60. The number of hydrogen-bond donors (Lipinski definition) is 1. The van der Waals surface area contributed by atoms with E-state index in [0.29, 0.717) is 0 Å². The first-order chi connectivity index (χ1) is 8.47. The molecule has 1 N–H and O–H groups in total. The summed E-state index contributed by atoms with van der Waals surface area (Å²) < 4.78 is 0. The largest absolute Gasteiger partial charge is 0.322 e. The fourth-order valence-corrected chi connectivity index (χ4v) is 2.84. The first-order valence-electron chi connectivity index (χ1n) is 5.93. The van der Waals surface area contributed by atoms with Crippen molar-refractivity contribution in [1.82, 2.24) is 0 Å². The molecule has 0 aliphatic rings. The van der Waals surface area contributed by atoms with E-state index in [2.05, 4.69) is 5.32 Å². The van der Waals surface area contributed by atoms with E-state index < -0.39 is 0 Å². The van der Waals surface area contributed by atoms with Crippen molar-refractivity contribution in [3.05, 3.63) is 50.7 Å². The summed E-state index contributed by atoms with van der Waals surface area (Å²) in [6, 6.07) is 8.02. The average Bonchev–Trinajstić information content (AvgIpc) is 2.63. The van der Waals surface area contributed by atoms with Gasteiger partial charge in [0, 0.05) is 15.4 Å². The molecule has 0 aliphatic heterocycles. The van der Waals surface area contributed by atoms with Crippen LogP contribution in [0.15, 0.2) is 24.3 Å². The molecule has 0 radical (unpaired) electrons. The number of rotatable bonds is 2. The topological polar surface area (TPSA) is 29.1 Å². The SMILES string of the molecule is Cc1ccc(C)c(NC(=O)c2cc(C)sc2C)c1. The zero-order valence-corrected chi connectivity index (χ0v) is 11.9. The lowest BCUT2D eigenvalue weighted by molar-refractivity contribution is 0.102.